The third-order valence-corrected chi connectivity index (χ3v) is 6.30. The molecule has 0 N–H and O–H groups in total. The minimum absolute atomic E-state index is 0.0204. The van der Waals surface area contributed by atoms with Crippen LogP contribution in [0.1, 0.15) is 73.9 Å². The molecule has 0 spiro atoms. The highest BCUT2D eigenvalue weighted by Crippen LogP contribution is 2.29. The van der Waals surface area contributed by atoms with Crippen LogP contribution in [0.2, 0.25) is 0 Å². The maximum atomic E-state index is 14.9. The van der Waals surface area contributed by atoms with Gasteiger partial charge in [-0.25, -0.2) is 13.5 Å². The number of amides is 1. The van der Waals surface area contributed by atoms with Crippen LogP contribution in [0, 0.1) is 28.4 Å². The fourth-order valence-electron chi connectivity index (χ4n) is 4.56. The molecule has 0 atom stereocenters. The van der Waals surface area contributed by atoms with Gasteiger partial charge in [-0.15, -0.1) is 5.10 Å². The van der Waals surface area contributed by atoms with Crippen molar-refractivity contribution in [2.24, 2.45) is 5.41 Å². The Hall–Kier alpha value is -3.38. The molecular formula is C27H34F2N6O. The van der Waals surface area contributed by atoms with Crippen LogP contribution in [0.25, 0.3) is 17.7 Å². The van der Waals surface area contributed by atoms with Crippen LogP contribution < -0.4 is 0 Å². The number of likely N-dealkylation sites (tertiary alicyclic amines) is 1. The highest BCUT2D eigenvalue weighted by Gasteiger charge is 2.27. The highest BCUT2D eigenvalue weighted by atomic mass is 19.2. The fourth-order valence-corrected chi connectivity index (χ4v) is 4.56. The van der Waals surface area contributed by atoms with E-state index in [1.165, 1.54) is 19.2 Å². The molecule has 1 saturated heterocycles. The molecule has 1 fully saturated rings. The summed E-state index contributed by atoms with van der Waals surface area (Å²) in [6, 6.07) is 4.60. The van der Waals surface area contributed by atoms with Gasteiger partial charge in [-0.2, -0.15) is 5.26 Å². The van der Waals surface area contributed by atoms with Gasteiger partial charge in [-0.1, -0.05) is 38.6 Å². The Balaban J connectivity index is 1.82. The first kappa shape index (κ1) is 27.2. The molecule has 192 valence electrons. The Morgan fingerprint density at radius 1 is 1.25 bits per heavy atom. The van der Waals surface area contributed by atoms with Crippen LogP contribution in [0.5, 0.6) is 0 Å². The summed E-state index contributed by atoms with van der Waals surface area (Å²) in [5, 5.41) is 17.4. The third kappa shape index (κ3) is 6.05. The molecule has 3 rings (SSSR count). The minimum Gasteiger partial charge on any atom is -0.328 e. The number of carbonyl (C=O) groups excluding carboxylic acids is 1. The topological polar surface area (TPSA) is 78.0 Å². The van der Waals surface area contributed by atoms with Crippen LogP contribution in [0.3, 0.4) is 0 Å². The van der Waals surface area contributed by atoms with Crippen molar-refractivity contribution in [2.75, 3.05) is 33.2 Å². The zero-order chi connectivity index (χ0) is 26.6. The molecule has 1 aromatic heterocycles. The summed E-state index contributed by atoms with van der Waals surface area (Å²) in [7, 11) is 1.36. The molecule has 0 aliphatic carbocycles. The standard InChI is InChI=1S/C27H34F2N6O/c1-7-23-22(31-32-35(23)19-10-13-34(14-11-19)17-27(3,4)5)16-18(2)20-8-9-21(25(29)24(20)28)26(36)33(6)15-12-30/h7-9,16,19H,1,10-11,13-15,17H2,2-6H3/b18-16+. The van der Waals surface area contributed by atoms with Gasteiger partial charge in [0.05, 0.1) is 23.4 Å². The van der Waals surface area contributed by atoms with E-state index in [4.69, 9.17) is 5.26 Å². The molecule has 0 saturated carbocycles. The SMILES string of the molecule is C=Cc1c(/C=C(\C)c2ccc(C(=O)N(C)CC#N)c(F)c2F)nnn1C1CCN(CC(C)(C)C)CC1. The summed E-state index contributed by atoms with van der Waals surface area (Å²) in [6.45, 7) is 15.0. The molecule has 1 amide bonds. The first-order valence-electron chi connectivity index (χ1n) is 12.1. The number of halogens is 2. The highest BCUT2D eigenvalue weighted by molar-refractivity contribution is 5.95. The van der Waals surface area contributed by atoms with Crippen LogP contribution >= 0.6 is 0 Å². The minimum atomic E-state index is -1.25. The Labute approximate surface area is 211 Å². The van der Waals surface area contributed by atoms with Crippen molar-refractivity contribution in [2.45, 2.75) is 46.6 Å². The maximum absolute atomic E-state index is 14.9. The van der Waals surface area contributed by atoms with Crippen molar-refractivity contribution in [3.8, 4) is 6.07 Å². The summed E-state index contributed by atoms with van der Waals surface area (Å²) in [4.78, 5) is 15.8. The van der Waals surface area contributed by atoms with Gasteiger partial charge in [0.25, 0.3) is 5.91 Å². The quantitative estimate of drug-likeness (QED) is 0.502. The second-order valence-corrected chi connectivity index (χ2v) is 10.5. The van der Waals surface area contributed by atoms with Crippen LogP contribution in [-0.2, 0) is 0 Å². The second kappa shape index (κ2) is 11.1. The molecule has 0 radical (unpaired) electrons. The van der Waals surface area contributed by atoms with Gasteiger partial charge < -0.3 is 9.80 Å². The summed E-state index contributed by atoms with van der Waals surface area (Å²) in [6.07, 6.45) is 5.22. The van der Waals surface area contributed by atoms with Crippen molar-refractivity contribution < 1.29 is 13.6 Å². The summed E-state index contributed by atoms with van der Waals surface area (Å²) < 4.78 is 31.6. The van der Waals surface area contributed by atoms with E-state index in [-0.39, 0.29) is 23.6 Å². The fraction of sp³-hybridized carbons (Fsp3) is 0.481. The van der Waals surface area contributed by atoms with Crippen molar-refractivity contribution >= 4 is 23.6 Å². The first-order chi connectivity index (χ1) is 17.0. The lowest BCUT2D eigenvalue weighted by molar-refractivity contribution is 0.0806. The number of nitrogens with zero attached hydrogens (tertiary/aromatic N) is 6. The summed E-state index contributed by atoms with van der Waals surface area (Å²) in [5.41, 5.74) is 1.53. The normalized spacial score (nSPS) is 15.6. The lowest BCUT2D eigenvalue weighted by atomic mass is 9.94. The van der Waals surface area contributed by atoms with E-state index in [9.17, 15) is 13.6 Å². The van der Waals surface area contributed by atoms with Gasteiger partial charge in [-0.05, 0) is 49.0 Å². The molecule has 1 aliphatic rings. The van der Waals surface area contributed by atoms with Gasteiger partial charge in [0, 0.05) is 32.2 Å². The molecule has 9 heteroatoms. The average Bonchev–Trinajstić information content (AvgIpc) is 3.22. The lowest BCUT2D eigenvalue weighted by Crippen LogP contribution is -2.39. The summed E-state index contributed by atoms with van der Waals surface area (Å²) in [5.74, 6) is -3.13. The molecular weight excluding hydrogens is 462 g/mol. The van der Waals surface area contributed by atoms with Crippen molar-refractivity contribution in [3.63, 3.8) is 0 Å². The van der Waals surface area contributed by atoms with Crippen LogP contribution in [0.15, 0.2) is 18.7 Å². The second-order valence-electron chi connectivity index (χ2n) is 10.5. The number of hydrogen-bond acceptors (Lipinski definition) is 5. The van der Waals surface area contributed by atoms with Crippen LogP contribution in [0.4, 0.5) is 8.78 Å². The number of carbonyl (C=O) groups is 1. The number of piperidine rings is 1. The molecule has 7 nitrogen and oxygen atoms in total. The Bertz CT molecular complexity index is 1200. The molecule has 36 heavy (non-hydrogen) atoms. The number of aromatic nitrogens is 3. The Morgan fingerprint density at radius 2 is 1.86 bits per heavy atom. The van der Waals surface area contributed by atoms with Crippen molar-refractivity contribution in [1.29, 1.82) is 5.26 Å². The molecule has 2 heterocycles. The van der Waals surface area contributed by atoms with E-state index in [0.29, 0.717) is 11.3 Å². The van der Waals surface area contributed by atoms with Crippen molar-refractivity contribution in [3.05, 3.63) is 52.9 Å². The van der Waals surface area contributed by atoms with Gasteiger partial charge in [0.2, 0.25) is 0 Å². The molecule has 1 aromatic carbocycles. The Kier molecular flexibility index (Phi) is 8.41. The van der Waals surface area contributed by atoms with E-state index in [1.807, 2.05) is 10.8 Å². The van der Waals surface area contributed by atoms with Crippen molar-refractivity contribution in [1.82, 2.24) is 24.8 Å². The zero-order valence-electron chi connectivity index (χ0n) is 21.7. The average molecular weight is 497 g/mol. The van der Waals surface area contributed by atoms with E-state index >= 15 is 0 Å². The van der Waals surface area contributed by atoms with Gasteiger partial charge >= 0.3 is 0 Å². The summed E-state index contributed by atoms with van der Waals surface area (Å²) >= 11 is 0. The monoisotopic (exact) mass is 496 g/mol. The number of nitriles is 1. The van der Waals surface area contributed by atoms with Crippen LogP contribution in [-0.4, -0.2) is 63.9 Å². The number of rotatable bonds is 7. The predicted molar refractivity (Wildman–Crippen MR) is 137 cm³/mol. The third-order valence-electron chi connectivity index (χ3n) is 6.30. The molecule has 2 aromatic rings. The van der Waals surface area contributed by atoms with E-state index in [0.717, 1.165) is 43.1 Å². The van der Waals surface area contributed by atoms with Gasteiger partial charge in [0.15, 0.2) is 11.6 Å². The molecule has 1 aliphatic heterocycles. The smallest absolute Gasteiger partial charge is 0.257 e. The van der Waals surface area contributed by atoms with E-state index in [2.05, 4.69) is 42.6 Å². The zero-order valence-corrected chi connectivity index (χ0v) is 21.7. The first-order valence-corrected chi connectivity index (χ1v) is 12.1. The lowest BCUT2D eigenvalue weighted by Gasteiger charge is -2.36. The number of hydrogen-bond donors (Lipinski definition) is 0. The molecule has 0 bridgehead atoms. The van der Waals surface area contributed by atoms with Gasteiger partial charge in [0.1, 0.15) is 12.2 Å². The van der Waals surface area contributed by atoms with E-state index in [1.54, 1.807) is 19.1 Å². The predicted octanol–water partition coefficient (Wildman–Crippen LogP) is 5.04. The van der Waals surface area contributed by atoms with Gasteiger partial charge in [-0.3, -0.25) is 4.79 Å². The molecule has 0 unspecified atom stereocenters. The Morgan fingerprint density at radius 3 is 2.44 bits per heavy atom. The van der Waals surface area contributed by atoms with E-state index < -0.39 is 23.1 Å². The maximum Gasteiger partial charge on any atom is 0.257 e. The number of allylic oxidation sites excluding steroid dienone is 1. The largest absolute Gasteiger partial charge is 0.328 e. The number of benzene rings is 1.